The fourth-order valence-electron chi connectivity index (χ4n) is 3.73. The fourth-order valence-corrected chi connectivity index (χ4v) is 3.73. The van der Waals surface area contributed by atoms with Gasteiger partial charge < -0.3 is 9.84 Å². The minimum atomic E-state index is -0.273. The van der Waals surface area contributed by atoms with E-state index in [9.17, 15) is 9.18 Å². The molecular formula is C23H25FN4O2. The van der Waals surface area contributed by atoms with E-state index in [0.29, 0.717) is 24.8 Å². The Morgan fingerprint density at radius 1 is 1.17 bits per heavy atom. The van der Waals surface area contributed by atoms with Gasteiger partial charge in [-0.1, -0.05) is 41.6 Å². The summed E-state index contributed by atoms with van der Waals surface area (Å²) >= 11 is 0. The molecule has 1 aliphatic rings. The molecule has 1 saturated heterocycles. The highest BCUT2D eigenvalue weighted by Gasteiger charge is 2.26. The summed E-state index contributed by atoms with van der Waals surface area (Å²) in [5, 5.41) is 7.07. The molecule has 0 saturated carbocycles. The van der Waals surface area contributed by atoms with Gasteiger partial charge in [0.2, 0.25) is 17.6 Å². The lowest BCUT2D eigenvalue weighted by molar-refractivity contribution is -0.126. The van der Waals surface area contributed by atoms with Gasteiger partial charge in [0.05, 0.1) is 6.54 Å². The second kappa shape index (κ2) is 9.17. The van der Waals surface area contributed by atoms with Crippen LogP contribution < -0.4 is 5.32 Å². The molecule has 0 aliphatic carbocycles. The number of aryl methyl sites for hydroxylation is 1. The molecule has 4 rings (SSSR count). The third-order valence-corrected chi connectivity index (χ3v) is 5.55. The van der Waals surface area contributed by atoms with Crippen LogP contribution in [0.2, 0.25) is 0 Å². The Balaban J connectivity index is 1.25. The zero-order valence-electron chi connectivity index (χ0n) is 17.0. The number of nitrogens with one attached hydrogen (secondary N) is 1. The first kappa shape index (κ1) is 20.2. The van der Waals surface area contributed by atoms with Crippen molar-refractivity contribution in [3.63, 3.8) is 0 Å². The van der Waals surface area contributed by atoms with E-state index in [0.717, 1.165) is 42.6 Å². The largest absolute Gasteiger partial charge is 0.352 e. The fraction of sp³-hybridized carbons (Fsp3) is 0.348. The lowest BCUT2D eigenvalue weighted by atomic mass is 9.96. The number of carbonyl (C=O) groups excluding carboxylic acids is 1. The highest BCUT2D eigenvalue weighted by Crippen LogP contribution is 2.22. The predicted octanol–water partition coefficient (Wildman–Crippen LogP) is 3.71. The summed E-state index contributed by atoms with van der Waals surface area (Å²) in [6.45, 7) is 4.64. The molecule has 1 amide bonds. The van der Waals surface area contributed by atoms with E-state index < -0.39 is 0 Å². The molecule has 0 spiro atoms. The third kappa shape index (κ3) is 4.91. The maximum absolute atomic E-state index is 13.0. The van der Waals surface area contributed by atoms with Crippen LogP contribution in [-0.2, 0) is 17.9 Å². The molecule has 1 N–H and O–H groups in total. The van der Waals surface area contributed by atoms with Crippen LogP contribution in [0.4, 0.5) is 4.39 Å². The number of piperidine rings is 1. The Morgan fingerprint density at radius 3 is 2.63 bits per heavy atom. The van der Waals surface area contributed by atoms with Crippen molar-refractivity contribution in [1.29, 1.82) is 0 Å². The van der Waals surface area contributed by atoms with Crippen LogP contribution in [0.5, 0.6) is 0 Å². The summed E-state index contributed by atoms with van der Waals surface area (Å²) in [5.74, 6) is 0.973. The first-order valence-corrected chi connectivity index (χ1v) is 10.2. The molecule has 0 atom stereocenters. The first-order valence-electron chi connectivity index (χ1n) is 10.2. The summed E-state index contributed by atoms with van der Waals surface area (Å²) in [5.41, 5.74) is 2.98. The average molecular weight is 408 g/mol. The Bertz CT molecular complexity index is 994. The molecule has 2 heterocycles. The van der Waals surface area contributed by atoms with Crippen LogP contribution in [-0.4, -0.2) is 34.0 Å². The topological polar surface area (TPSA) is 71.3 Å². The number of benzene rings is 2. The minimum Gasteiger partial charge on any atom is -0.352 e. The summed E-state index contributed by atoms with van der Waals surface area (Å²) in [6, 6.07) is 14.1. The quantitative estimate of drug-likeness (QED) is 0.673. The lowest BCUT2D eigenvalue weighted by Crippen LogP contribution is -2.40. The average Bonchev–Trinajstić information content (AvgIpc) is 3.22. The van der Waals surface area contributed by atoms with Crippen LogP contribution in [0.15, 0.2) is 53.1 Å². The molecule has 3 aromatic rings. The molecule has 1 aromatic heterocycles. The van der Waals surface area contributed by atoms with Gasteiger partial charge in [0, 0.05) is 18.0 Å². The highest BCUT2D eigenvalue weighted by molar-refractivity contribution is 5.78. The smallest absolute Gasteiger partial charge is 0.241 e. The number of hydrogen-bond acceptors (Lipinski definition) is 5. The Labute approximate surface area is 175 Å². The van der Waals surface area contributed by atoms with E-state index in [1.54, 1.807) is 12.1 Å². The normalized spacial score (nSPS) is 15.3. The third-order valence-electron chi connectivity index (χ3n) is 5.55. The van der Waals surface area contributed by atoms with E-state index in [2.05, 4.69) is 20.4 Å². The maximum atomic E-state index is 13.0. The van der Waals surface area contributed by atoms with Crippen LogP contribution in [0.25, 0.3) is 11.4 Å². The summed E-state index contributed by atoms with van der Waals surface area (Å²) in [6.07, 6.45) is 1.57. The predicted molar refractivity (Wildman–Crippen MR) is 111 cm³/mol. The zero-order chi connectivity index (χ0) is 20.9. The van der Waals surface area contributed by atoms with Gasteiger partial charge in [-0.3, -0.25) is 9.69 Å². The molecule has 30 heavy (non-hydrogen) atoms. The highest BCUT2D eigenvalue weighted by atomic mass is 19.1. The first-order chi connectivity index (χ1) is 14.6. The molecule has 0 unspecified atom stereocenters. The molecule has 2 aromatic carbocycles. The maximum Gasteiger partial charge on any atom is 0.241 e. The van der Waals surface area contributed by atoms with Crippen LogP contribution in [0, 0.1) is 18.7 Å². The molecular weight excluding hydrogens is 383 g/mol. The summed E-state index contributed by atoms with van der Waals surface area (Å²) < 4.78 is 18.4. The van der Waals surface area contributed by atoms with Crippen molar-refractivity contribution in [3.05, 3.63) is 71.4 Å². The molecule has 0 radical (unpaired) electrons. The van der Waals surface area contributed by atoms with E-state index in [1.807, 2.05) is 31.2 Å². The van der Waals surface area contributed by atoms with E-state index >= 15 is 0 Å². The number of likely N-dealkylation sites (tertiary alicyclic amines) is 1. The molecule has 1 aliphatic heterocycles. The number of aromatic nitrogens is 2. The van der Waals surface area contributed by atoms with Crippen molar-refractivity contribution in [3.8, 4) is 11.4 Å². The summed E-state index contributed by atoms with van der Waals surface area (Å²) in [7, 11) is 0. The van der Waals surface area contributed by atoms with Gasteiger partial charge in [0.1, 0.15) is 5.82 Å². The van der Waals surface area contributed by atoms with Crippen molar-refractivity contribution in [2.75, 3.05) is 13.1 Å². The van der Waals surface area contributed by atoms with Gasteiger partial charge in [-0.25, -0.2) is 4.39 Å². The molecule has 156 valence electrons. The van der Waals surface area contributed by atoms with Gasteiger partial charge in [-0.05, 0) is 56.1 Å². The Morgan fingerprint density at radius 2 is 1.90 bits per heavy atom. The van der Waals surface area contributed by atoms with Crippen LogP contribution in [0.3, 0.4) is 0 Å². The van der Waals surface area contributed by atoms with Crippen LogP contribution in [0.1, 0.15) is 29.9 Å². The van der Waals surface area contributed by atoms with Crippen molar-refractivity contribution in [2.24, 2.45) is 5.92 Å². The molecule has 1 fully saturated rings. The van der Waals surface area contributed by atoms with Gasteiger partial charge >= 0.3 is 0 Å². The van der Waals surface area contributed by atoms with E-state index in [-0.39, 0.29) is 17.6 Å². The van der Waals surface area contributed by atoms with E-state index in [1.165, 1.54) is 12.1 Å². The number of carbonyl (C=O) groups is 1. The van der Waals surface area contributed by atoms with Crippen molar-refractivity contribution < 1.29 is 13.7 Å². The Hall–Kier alpha value is -3.06. The standard InChI is InChI=1S/C23H25FN4O2/c1-16-4-2-3-5-20(16)22-26-21(30-27-22)15-28-12-10-18(11-13-28)23(29)25-14-17-6-8-19(24)9-7-17/h2-9,18H,10-15H2,1H3,(H,25,29). The van der Waals surface area contributed by atoms with Crippen molar-refractivity contribution in [2.45, 2.75) is 32.9 Å². The SMILES string of the molecule is Cc1ccccc1-c1noc(CN2CCC(C(=O)NCc3ccc(F)cc3)CC2)n1. The molecule has 7 heteroatoms. The Kier molecular flexibility index (Phi) is 6.18. The number of halogens is 1. The number of rotatable bonds is 6. The van der Waals surface area contributed by atoms with Gasteiger partial charge in [-0.15, -0.1) is 0 Å². The van der Waals surface area contributed by atoms with Crippen LogP contribution >= 0.6 is 0 Å². The second-order valence-corrected chi connectivity index (χ2v) is 7.72. The van der Waals surface area contributed by atoms with Crippen molar-refractivity contribution in [1.82, 2.24) is 20.4 Å². The zero-order valence-corrected chi connectivity index (χ0v) is 17.0. The van der Waals surface area contributed by atoms with Gasteiger partial charge in [0.25, 0.3) is 0 Å². The molecule has 0 bridgehead atoms. The van der Waals surface area contributed by atoms with E-state index in [4.69, 9.17) is 4.52 Å². The second-order valence-electron chi connectivity index (χ2n) is 7.72. The summed E-state index contributed by atoms with van der Waals surface area (Å²) in [4.78, 5) is 19.2. The van der Waals surface area contributed by atoms with Gasteiger partial charge in [0.15, 0.2) is 0 Å². The monoisotopic (exact) mass is 408 g/mol. The lowest BCUT2D eigenvalue weighted by Gasteiger charge is -2.30. The minimum absolute atomic E-state index is 0.00749. The molecule has 6 nitrogen and oxygen atoms in total. The van der Waals surface area contributed by atoms with Crippen molar-refractivity contribution >= 4 is 5.91 Å². The number of amides is 1. The van der Waals surface area contributed by atoms with Gasteiger partial charge in [-0.2, -0.15) is 4.98 Å². The number of nitrogens with zero attached hydrogens (tertiary/aromatic N) is 3. The number of hydrogen-bond donors (Lipinski definition) is 1.